The molecule has 9 heteroatoms. The Bertz CT molecular complexity index is 1600. The van der Waals surface area contributed by atoms with Crippen LogP contribution >= 0.6 is 23.6 Å². The van der Waals surface area contributed by atoms with Crippen LogP contribution in [0, 0.1) is 11.8 Å². The molecule has 0 saturated heterocycles. The van der Waals surface area contributed by atoms with E-state index in [2.05, 4.69) is 39.0 Å². The van der Waals surface area contributed by atoms with E-state index in [1.165, 1.54) is 11.3 Å². The number of aromatic carboxylic acids is 1. The SMILES string of the molecule is Cc1sc(C(=O)O)c2c1nc(C1CC1)n2Cc1ccc(-c2ccccc2-c2nc(=S)o[nH]2)cc1. The lowest BCUT2D eigenvalue weighted by atomic mass is 9.98. The molecule has 3 heterocycles. The van der Waals surface area contributed by atoms with Gasteiger partial charge in [0.05, 0.1) is 5.52 Å². The van der Waals surface area contributed by atoms with Gasteiger partial charge in [-0.15, -0.1) is 11.3 Å². The highest BCUT2D eigenvalue weighted by atomic mass is 32.1. The molecule has 1 saturated carbocycles. The van der Waals surface area contributed by atoms with E-state index in [1.54, 1.807) is 0 Å². The number of carboxylic acids is 1. The third-order valence-corrected chi connectivity index (χ3v) is 7.41. The molecule has 6 rings (SSSR count). The van der Waals surface area contributed by atoms with Crippen LogP contribution < -0.4 is 0 Å². The molecule has 2 aromatic carbocycles. The topological polar surface area (TPSA) is 96.9 Å². The van der Waals surface area contributed by atoms with Crippen molar-refractivity contribution in [3.05, 3.63) is 74.5 Å². The van der Waals surface area contributed by atoms with Crippen LogP contribution in [0.25, 0.3) is 33.5 Å². The summed E-state index contributed by atoms with van der Waals surface area (Å²) >= 11 is 6.31. The molecular formula is C25H20N4O3S2. The number of nitrogens with zero attached hydrogens (tertiary/aromatic N) is 3. The van der Waals surface area contributed by atoms with Crippen molar-refractivity contribution in [3.8, 4) is 22.5 Å². The Morgan fingerprint density at radius 1 is 1.18 bits per heavy atom. The van der Waals surface area contributed by atoms with Crippen molar-refractivity contribution >= 4 is 40.6 Å². The summed E-state index contributed by atoms with van der Waals surface area (Å²) in [6.45, 7) is 2.53. The number of nitrogens with one attached hydrogen (secondary N) is 1. The maximum atomic E-state index is 11.9. The van der Waals surface area contributed by atoms with Gasteiger partial charge in [-0.05, 0) is 48.7 Å². The number of aromatic amines is 1. The van der Waals surface area contributed by atoms with Crippen LogP contribution in [-0.4, -0.2) is 30.8 Å². The molecule has 34 heavy (non-hydrogen) atoms. The monoisotopic (exact) mass is 488 g/mol. The van der Waals surface area contributed by atoms with E-state index in [0.717, 1.165) is 56.8 Å². The van der Waals surface area contributed by atoms with E-state index in [4.69, 9.17) is 21.7 Å². The van der Waals surface area contributed by atoms with Gasteiger partial charge in [0, 0.05) is 22.9 Å². The second-order valence-corrected chi connectivity index (χ2v) is 10.1. The number of rotatable bonds is 6. The molecule has 1 fully saturated rings. The molecule has 2 N–H and O–H groups in total. The minimum Gasteiger partial charge on any atom is -0.477 e. The normalized spacial score (nSPS) is 13.6. The molecule has 3 aromatic heterocycles. The lowest BCUT2D eigenvalue weighted by molar-refractivity contribution is 0.0703. The van der Waals surface area contributed by atoms with Crippen molar-refractivity contribution in [2.24, 2.45) is 0 Å². The second-order valence-electron chi connectivity index (χ2n) is 8.49. The Kier molecular flexibility index (Phi) is 4.96. The molecule has 0 radical (unpaired) electrons. The van der Waals surface area contributed by atoms with Gasteiger partial charge in [0.25, 0.3) is 0 Å². The first-order valence-corrected chi connectivity index (χ1v) is 12.2. The molecule has 0 amide bonds. The molecule has 170 valence electrons. The van der Waals surface area contributed by atoms with Crippen molar-refractivity contribution in [1.82, 2.24) is 19.7 Å². The number of benzene rings is 2. The molecule has 1 aliphatic carbocycles. The molecule has 0 atom stereocenters. The summed E-state index contributed by atoms with van der Waals surface area (Å²) in [4.78, 5) is 22.5. The van der Waals surface area contributed by atoms with Gasteiger partial charge in [-0.2, -0.15) is 4.98 Å². The molecule has 7 nitrogen and oxygen atoms in total. The summed E-state index contributed by atoms with van der Waals surface area (Å²) in [6, 6.07) is 16.3. The number of aromatic nitrogens is 4. The number of hydrogen-bond acceptors (Lipinski definition) is 6. The average molecular weight is 489 g/mol. The molecule has 0 bridgehead atoms. The number of fused-ring (bicyclic) bond motifs is 1. The summed E-state index contributed by atoms with van der Waals surface area (Å²) in [6.07, 6.45) is 2.20. The third kappa shape index (κ3) is 3.57. The van der Waals surface area contributed by atoms with Crippen LogP contribution in [0.3, 0.4) is 0 Å². The number of carbonyl (C=O) groups is 1. The highest BCUT2D eigenvalue weighted by Crippen LogP contribution is 2.43. The van der Waals surface area contributed by atoms with E-state index in [0.29, 0.717) is 23.2 Å². The highest BCUT2D eigenvalue weighted by molar-refractivity contribution is 7.71. The quantitative estimate of drug-likeness (QED) is 0.268. The zero-order valence-electron chi connectivity index (χ0n) is 18.2. The number of carboxylic acid groups (broad SMARTS) is 1. The standard InChI is InChI=1S/C25H20N4O3S2/c1-13-19-20(21(34-13)24(30)31)29(23(26-19)16-10-11-16)12-14-6-8-15(9-7-14)17-4-2-3-5-18(17)22-27-25(33)32-28-22/h2-9,16H,10-12H2,1H3,(H,30,31)(H,27,28,33). The van der Waals surface area contributed by atoms with Crippen molar-refractivity contribution in [2.75, 3.05) is 0 Å². The summed E-state index contributed by atoms with van der Waals surface area (Å²) in [5, 5.41) is 12.6. The lowest BCUT2D eigenvalue weighted by Gasteiger charge is -2.11. The van der Waals surface area contributed by atoms with Gasteiger partial charge in [0.15, 0.2) is 5.82 Å². The van der Waals surface area contributed by atoms with Crippen LogP contribution in [-0.2, 0) is 6.54 Å². The Balaban J connectivity index is 1.38. The molecule has 0 aliphatic heterocycles. The van der Waals surface area contributed by atoms with Gasteiger partial charge in [-0.1, -0.05) is 48.5 Å². The first-order chi connectivity index (χ1) is 16.5. The van der Waals surface area contributed by atoms with Gasteiger partial charge >= 0.3 is 10.8 Å². The Morgan fingerprint density at radius 3 is 2.56 bits per heavy atom. The van der Waals surface area contributed by atoms with Crippen LogP contribution in [0.2, 0.25) is 0 Å². The minimum absolute atomic E-state index is 0.169. The van der Waals surface area contributed by atoms with E-state index in [1.807, 2.05) is 31.2 Å². The van der Waals surface area contributed by atoms with E-state index >= 15 is 0 Å². The predicted octanol–water partition coefficient (Wildman–Crippen LogP) is 6.41. The van der Waals surface area contributed by atoms with Crippen molar-refractivity contribution < 1.29 is 14.4 Å². The zero-order chi connectivity index (χ0) is 23.4. The van der Waals surface area contributed by atoms with Gasteiger partial charge in [-0.25, -0.2) is 14.9 Å². The van der Waals surface area contributed by atoms with E-state index < -0.39 is 5.97 Å². The molecule has 0 spiro atoms. The number of thiophene rings is 1. The fraction of sp³-hybridized carbons (Fsp3) is 0.200. The van der Waals surface area contributed by atoms with Gasteiger partial charge in [0.2, 0.25) is 0 Å². The van der Waals surface area contributed by atoms with Crippen LogP contribution in [0.4, 0.5) is 0 Å². The van der Waals surface area contributed by atoms with Crippen molar-refractivity contribution in [3.63, 3.8) is 0 Å². The highest BCUT2D eigenvalue weighted by Gasteiger charge is 2.32. The van der Waals surface area contributed by atoms with Crippen molar-refractivity contribution in [1.29, 1.82) is 0 Å². The molecule has 1 aliphatic rings. The summed E-state index contributed by atoms with van der Waals surface area (Å²) in [5.41, 5.74) is 5.61. The molecule has 0 unspecified atom stereocenters. The number of hydrogen-bond donors (Lipinski definition) is 2. The predicted molar refractivity (Wildman–Crippen MR) is 133 cm³/mol. The zero-order valence-corrected chi connectivity index (χ0v) is 19.9. The molecule has 5 aromatic rings. The van der Waals surface area contributed by atoms with Gasteiger partial charge in [-0.3, -0.25) is 0 Å². The number of imidazole rings is 1. The first kappa shape index (κ1) is 21.0. The summed E-state index contributed by atoms with van der Waals surface area (Å²) in [5.74, 6) is 1.11. The van der Waals surface area contributed by atoms with Crippen molar-refractivity contribution in [2.45, 2.75) is 32.2 Å². The fourth-order valence-corrected chi connectivity index (χ4v) is 5.48. The van der Waals surface area contributed by atoms with Gasteiger partial charge in [0.1, 0.15) is 16.2 Å². The smallest absolute Gasteiger partial charge is 0.348 e. The Hall–Kier alpha value is -3.56. The summed E-state index contributed by atoms with van der Waals surface area (Å²) in [7, 11) is 0. The van der Waals surface area contributed by atoms with Crippen LogP contribution in [0.5, 0.6) is 0 Å². The van der Waals surface area contributed by atoms with E-state index in [-0.39, 0.29) is 4.84 Å². The van der Waals surface area contributed by atoms with Gasteiger partial charge < -0.3 is 14.2 Å². The minimum atomic E-state index is -0.898. The second kappa shape index (κ2) is 8.03. The summed E-state index contributed by atoms with van der Waals surface area (Å²) < 4.78 is 7.23. The Labute approximate surface area is 203 Å². The van der Waals surface area contributed by atoms with Crippen LogP contribution in [0.1, 0.15) is 44.7 Å². The first-order valence-electron chi connectivity index (χ1n) is 11.0. The number of H-pyrrole nitrogens is 1. The largest absolute Gasteiger partial charge is 0.477 e. The van der Waals surface area contributed by atoms with E-state index in [9.17, 15) is 9.90 Å². The fourth-order valence-electron chi connectivity index (χ4n) is 4.41. The maximum absolute atomic E-state index is 11.9. The van der Waals surface area contributed by atoms with Crippen LogP contribution in [0.15, 0.2) is 53.1 Å². The molecular weight excluding hydrogens is 468 g/mol. The average Bonchev–Trinajstić information content (AvgIpc) is 3.35. The lowest BCUT2D eigenvalue weighted by Crippen LogP contribution is -2.06. The third-order valence-electron chi connectivity index (χ3n) is 6.16. The Morgan fingerprint density at radius 2 is 1.91 bits per heavy atom. The maximum Gasteiger partial charge on any atom is 0.348 e. The number of aryl methyl sites for hydroxylation is 1.